The van der Waals surface area contributed by atoms with Crippen molar-refractivity contribution in [1.29, 1.82) is 0 Å². The van der Waals surface area contributed by atoms with Crippen molar-refractivity contribution in [1.82, 2.24) is 9.55 Å². The summed E-state index contributed by atoms with van der Waals surface area (Å²) in [6.45, 7) is 4.00. The predicted octanol–water partition coefficient (Wildman–Crippen LogP) is 6.68. The number of pyridine rings is 1. The fraction of sp³-hybridized carbons (Fsp3) is 0.167. The fourth-order valence-corrected chi connectivity index (χ4v) is 3.26. The SMILES string of the molecule is CC.Cn1c(-c2ccc(NC(=O)c3ccccc3)nc2F)cc2cc(C(F)(F)F)ccc21. The maximum Gasteiger partial charge on any atom is 0.416 e. The van der Waals surface area contributed by atoms with E-state index in [1.807, 2.05) is 13.8 Å². The van der Waals surface area contributed by atoms with E-state index in [0.29, 0.717) is 22.2 Å². The second kappa shape index (κ2) is 9.21. The molecule has 0 atom stereocenters. The Morgan fingerprint density at radius 3 is 2.28 bits per heavy atom. The van der Waals surface area contributed by atoms with Gasteiger partial charge in [-0.25, -0.2) is 4.98 Å². The summed E-state index contributed by atoms with van der Waals surface area (Å²) in [6.07, 6.45) is -4.46. The lowest BCUT2D eigenvalue weighted by molar-refractivity contribution is -0.137. The first kappa shape index (κ1) is 23.0. The van der Waals surface area contributed by atoms with Gasteiger partial charge in [0.2, 0.25) is 5.95 Å². The molecule has 0 fully saturated rings. The number of carbonyl (C=O) groups is 1. The molecule has 8 heteroatoms. The van der Waals surface area contributed by atoms with Gasteiger partial charge < -0.3 is 9.88 Å². The van der Waals surface area contributed by atoms with E-state index in [1.165, 1.54) is 24.3 Å². The molecule has 0 saturated heterocycles. The number of nitrogens with one attached hydrogen (secondary N) is 1. The van der Waals surface area contributed by atoms with Crippen LogP contribution in [-0.2, 0) is 13.2 Å². The van der Waals surface area contributed by atoms with E-state index in [9.17, 15) is 22.4 Å². The van der Waals surface area contributed by atoms with E-state index in [0.717, 1.165) is 12.1 Å². The van der Waals surface area contributed by atoms with Crippen LogP contribution < -0.4 is 5.32 Å². The van der Waals surface area contributed by atoms with Crippen LogP contribution in [0.15, 0.2) is 66.7 Å². The van der Waals surface area contributed by atoms with Crippen molar-refractivity contribution in [3.63, 3.8) is 0 Å². The summed E-state index contributed by atoms with van der Waals surface area (Å²) in [7, 11) is 1.63. The quantitative estimate of drug-likeness (QED) is 0.284. The van der Waals surface area contributed by atoms with E-state index in [4.69, 9.17) is 0 Å². The zero-order valence-electron chi connectivity index (χ0n) is 17.7. The lowest BCUT2D eigenvalue weighted by Gasteiger charge is -2.09. The number of carbonyl (C=O) groups excluding carboxylic acids is 1. The van der Waals surface area contributed by atoms with Crippen molar-refractivity contribution in [3.05, 3.63) is 83.8 Å². The average Bonchev–Trinajstić information content (AvgIpc) is 3.11. The Labute approximate surface area is 182 Å². The number of hydrogen-bond donors (Lipinski definition) is 1. The molecule has 2 aromatic carbocycles. The van der Waals surface area contributed by atoms with E-state index in [-0.39, 0.29) is 11.4 Å². The molecule has 0 bridgehead atoms. The Kier molecular flexibility index (Phi) is 6.62. The number of fused-ring (bicyclic) bond motifs is 1. The maximum atomic E-state index is 14.7. The number of aromatic nitrogens is 2. The van der Waals surface area contributed by atoms with Crippen molar-refractivity contribution in [3.8, 4) is 11.3 Å². The molecule has 0 unspecified atom stereocenters. The highest BCUT2D eigenvalue weighted by molar-refractivity contribution is 6.03. The molecule has 4 aromatic rings. The van der Waals surface area contributed by atoms with Crippen LogP contribution in [0, 0.1) is 5.95 Å². The van der Waals surface area contributed by atoms with Crippen LogP contribution in [0.25, 0.3) is 22.2 Å². The molecule has 166 valence electrons. The van der Waals surface area contributed by atoms with Gasteiger partial charge in [-0.3, -0.25) is 4.79 Å². The molecule has 0 spiro atoms. The first-order valence-corrected chi connectivity index (χ1v) is 9.94. The third kappa shape index (κ3) is 4.64. The minimum atomic E-state index is -4.46. The van der Waals surface area contributed by atoms with Crippen molar-refractivity contribution in [2.45, 2.75) is 20.0 Å². The Bertz CT molecular complexity index is 1250. The molecule has 4 nitrogen and oxygen atoms in total. The molecule has 0 aliphatic heterocycles. The van der Waals surface area contributed by atoms with Gasteiger partial charge in [0.1, 0.15) is 5.82 Å². The maximum absolute atomic E-state index is 14.7. The topological polar surface area (TPSA) is 46.9 Å². The monoisotopic (exact) mass is 443 g/mol. The number of amides is 1. The molecule has 1 amide bonds. The van der Waals surface area contributed by atoms with Crippen LogP contribution in [-0.4, -0.2) is 15.5 Å². The van der Waals surface area contributed by atoms with Crippen LogP contribution in [0.3, 0.4) is 0 Å². The number of hydrogen-bond acceptors (Lipinski definition) is 2. The van der Waals surface area contributed by atoms with Crippen molar-refractivity contribution in [2.24, 2.45) is 7.05 Å². The first-order chi connectivity index (χ1) is 15.2. The van der Waals surface area contributed by atoms with Crippen molar-refractivity contribution >= 4 is 22.6 Å². The molecular formula is C24H21F4N3O. The van der Waals surface area contributed by atoms with Crippen LogP contribution in [0.5, 0.6) is 0 Å². The molecule has 1 N–H and O–H groups in total. The van der Waals surface area contributed by atoms with E-state index in [2.05, 4.69) is 10.3 Å². The number of halogens is 4. The lowest BCUT2D eigenvalue weighted by atomic mass is 10.1. The molecule has 2 heterocycles. The zero-order valence-corrected chi connectivity index (χ0v) is 17.7. The Morgan fingerprint density at radius 1 is 0.969 bits per heavy atom. The van der Waals surface area contributed by atoms with Crippen LogP contribution in [0.1, 0.15) is 29.8 Å². The zero-order chi connectivity index (χ0) is 23.5. The standard InChI is InChI=1S/C22H15F4N3O.C2H6/c1-29-17-9-7-15(22(24,25)26)11-14(17)12-18(29)16-8-10-19(27-20(16)23)28-21(30)13-5-3-2-4-6-13;1-2/h2-12H,1H3,(H,27,28,30);1-2H3. The van der Waals surface area contributed by atoms with Crippen LogP contribution in [0.4, 0.5) is 23.4 Å². The van der Waals surface area contributed by atoms with Gasteiger partial charge in [0.25, 0.3) is 5.91 Å². The Morgan fingerprint density at radius 2 is 1.66 bits per heavy atom. The average molecular weight is 443 g/mol. The third-order valence-electron chi connectivity index (χ3n) is 4.77. The number of anilines is 1. The highest BCUT2D eigenvalue weighted by Gasteiger charge is 2.30. The van der Waals surface area contributed by atoms with Gasteiger partial charge in [-0.1, -0.05) is 32.0 Å². The molecular weight excluding hydrogens is 422 g/mol. The molecule has 0 saturated carbocycles. The summed E-state index contributed by atoms with van der Waals surface area (Å²) in [4.78, 5) is 16.0. The fourth-order valence-electron chi connectivity index (χ4n) is 3.26. The molecule has 0 aliphatic rings. The minimum absolute atomic E-state index is 0.0308. The van der Waals surface area contributed by atoms with Gasteiger partial charge in [0, 0.05) is 23.5 Å². The van der Waals surface area contributed by atoms with Crippen molar-refractivity contribution < 1.29 is 22.4 Å². The number of rotatable bonds is 3. The highest BCUT2D eigenvalue weighted by Crippen LogP contribution is 2.34. The number of benzene rings is 2. The van der Waals surface area contributed by atoms with Gasteiger partial charge in [-0.05, 0) is 48.5 Å². The van der Waals surface area contributed by atoms with Crippen LogP contribution in [0.2, 0.25) is 0 Å². The second-order valence-electron chi connectivity index (χ2n) is 6.71. The molecule has 32 heavy (non-hydrogen) atoms. The lowest BCUT2D eigenvalue weighted by Crippen LogP contribution is -2.13. The van der Waals surface area contributed by atoms with Gasteiger partial charge >= 0.3 is 6.18 Å². The second-order valence-corrected chi connectivity index (χ2v) is 6.71. The molecule has 0 radical (unpaired) electrons. The molecule has 2 aromatic heterocycles. The minimum Gasteiger partial charge on any atom is -0.343 e. The summed E-state index contributed by atoms with van der Waals surface area (Å²) in [5.74, 6) is -1.24. The summed E-state index contributed by atoms with van der Waals surface area (Å²) >= 11 is 0. The summed E-state index contributed by atoms with van der Waals surface area (Å²) in [5, 5.41) is 2.86. The van der Waals surface area contributed by atoms with E-state index >= 15 is 0 Å². The highest BCUT2D eigenvalue weighted by atomic mass is 19.4. The van der Waals surface area contributed by atoms with Gasteiger partial charge in [-0.2, -0.15) is 17.6 Å². The summed E-state index contributed by atoms with van der Waals surface area (Å²) in [5.41, 5.74) is 0.636. The number of aryl methyl sites for hydroxylation is 1. The normalized spacial score (nSPS) is 11.1. The molecule has 0 aliphatic carbocycles. The number of nitrogens with zero attached hydrogens (tertiary/aromatic N) is 2. The van der Waals surface area contributed by atoms with E-state index < -0.39 is 23.6 Å². The molecule has 4 rings (SSSR count). The first-order valence-electron chi connectivity index (χ1n) is 9.94. The van der Waals surface area contributed by atoms with Crippen LogP contribution >= 0.6 is 0 Å². The van der Waals surface area contributed by atoms with E-state index in [1.54, 1.807) is 41.9 Å². The van der Waals surface area contributed by atoms with Gasteiger partial charge in [0.05, 0.1) is 16.8 Å². The summed E-state index contributed by atoms with van der Waals surface area (Å²) < 4.78 is 55.2. The Hall–Kier alpha value is -3.68. The predicted molar refractivity (Wildman–Crippen MR) is 117 cm³/mol. The number of alkyl halides is 3. The smallest absolute Gasteiger partial charge is 0.343 e. The van der Waals surface area contributed by atoms with Crippen molar-refractivity contribution in [2.75, 3.05) is 5.32 Å². The summed E-state index contributed by atoms with van der Waals surface area (Å²) in [6, 6.07) is 16.1. The third-order valence-corrected chi connectivity index (χ3v) is 4.77. The van der Waals surface area contributed by atoms with Gasteiger partial charge in [-0.15, -0.1) is 0 Å². The Balaban J connectivity index is 0.00000141. The van der Waals surface area contributed by atoms with Gasteiger partial charge in [0.15, 0.2) is 0 Å². The largest absolute Gasteiger partial charge is 0.416 e.